The molecular formula is C16H18N2O4S. The van der Waals surface area contributed by atoms with Crippen LogP contribution >= 0.6 is 0 Å². The van der Waals surface area contributed by atoms with Gasteiger partial charge in [-0.25, -0.2) is 8.42 Å². The first-order chi connectivity index (χ1) is 10.7. The highest BCUT2D eigenvalue weighted by Crippen LogP contribution is 2.31. The van der Waals surface area contributed by atoms with Crippen molar-refractivity contribution in [1.29, 1.82) is 0 Å². The van der Waals surface area contributed by atoms with Crippen molar-refractivity contribution >= 4 is 21.2 Å². The van der Waals surface area contributed by atoms with Gasteiger partial charge in [-0.2, -0.15) is 0 Å². The zero-order valence-corrected chi connectivity index (χ0v) is 13.9. The fourth-order valence-corrected chi connectivity index (χ4v) is 3.04. The van der Waals surface area contributed by atoms with E-state index in [4.69, 9.17) is 0 Å². The molecule has 0 saturated carbocycles. The van der Waals surface area contributed by atoms with Crippen molar-refractivity contribution in [2.24, 2.45) is 0 Å². The highest BCUT2D eigenvalue weighted by atomic mass is 32.2. The van der Waals surface area contributed by atoms with Crippen LogP contribution in [0.5, 0.6) is 0 Å². The Balaban J connectivity index is 2.40. The molecule has 0 radical (unpaired) electrons. The summed E-state index contributed by atoms with van der Waals surface area (Å²) in [4.78, 5) is 10.6. The topological polar surface area (TPSA) is 89.3 Å². The third-order valence-electron chi connectivity index (χ3n) is 3.62. The molecule has 2 aromatic rings. The molecule has 0 spiro atoms. The van der Waals surface area contributed by atoms with Crippen LogP contribution in [0.3, 0.4) is 0 Å². The van der Waals surface area contributed by atoms with Gasteiger partial charge in [-0.05, 0) is 37.1 Å². The number of hydrogen-bond acceptors (Lipinski definition) is 5. The average Bonchev–Trinajstić information content (AvgIpc) is 2.46. The van der Waals surface area contributed by atoms with Crippen LogP contribution in [-0.2, 0) is 9.84 Å². The minimum atomic E-state index is -3.50. The first-order valence-electron chi connectivity index (χ1n) is 7.00. The largest absolute Gasteiger partial charge is 0.373 e. The molecule has 0 aliphatic rings. The fraction of sp³-hybridized carbons (Fsp3) is 0.250. The van der Waals surface area contributed by atoms with Gasteiger partial charge in [-0.15, -0.1) is 0 Å². The van der Waals surface area contributed by atoms with Gasteiger partial charge in [-0.1, -0.05) is 24.3 Å². The van der Waals surface area contributed by atoms with Crippen molar-refractivity contribution in [2.75, 3.05) is 11.6 Å². The summed E-state index contributed by atoms with van der Waals surface area (Å²) in [6.07, 6.45) is 1.02. The van der Waals surface area contributed by atoms with Crippen LogP contribution in [0.15, 0.2) is 47.4 Å². The highest BCUT2D eigenvalue weighted by molar-refractivity contribution is 7.90. The van der Waals surface area contributed by atoms with E-state index < -0.39 is 14.8 Å². The number of anilines is 1. The Morgan fingerprint density at radius 2 is 1.83 bits per heavy atom. The lowest BCUT2D eigenvalue weighted by molar-refractivity contribution is -0.384. The zero-order valence-electron chi connectivity index (χ0n) is 13.1. The Labute approximate surface area is 135 Å². The molecule has 0 bridgehead atoms. The van der Waals surface area contributed by atoms with Gasteiger partial charge in [-0.3, -0.25) is 10.1 Å². The number of nitro benzene ring substituents is 1. The monoisotopic (exact) mass is 334 g/mol. The lowest BCUT2D eigenvalue weighted by atomic mass is 10.0. The Hall–Kier alpha value is -2.41. The van der Waals surface area contributed by atoms with Crippen LogP contribution in [0.1, 0.15) is 24.1 Å². The van der Waals surface area contributed by atoms with Gasteiger partial charge < -0.3 is 5.32 Å². The summed E-state index contributed by atoms with van der Waals surface area (Å²) in [5, 5.41) is 14.3. The molecule has 0 saturated heterocycles. The van der Waals surface area contributed by atoms with E-state index in [2.05, 4.69) is 5.32 Å². The molecule has 1 atom stereocenters. The second-order valence-electron chi connectivity index (χ2n) is 5.43. The minimum absolute atomic E-state index is 0.0710. The van der Waals surface area contributed by atoms with Crippen molar-refractivity contribution in [2.45, 2.75) is 24.8 Å². The van der Waals surface area contributed by atoms with Crippen LogP contribution in [0.2, 0.25) is 0 Å². The van der Waals surface area contributed by atoms with Crippen molar-refractivity contribution in [3.8, 4) is 0 Å². The molecule has 0 aliphatic carbocycles. The van der Waals surface area contributed by atoms with Crippen molar-refractivity contribution in [3.05, 3.63) is 63.7 Å². The molecule has 7 heteroatoms. The number of nitrogens with one attached hydrogen (secondary N) is 1. The van der Waals surface area contributed by atoms with Crippen LogP contribution in [0.25, 0.3) is 0 Å². The van der Waals surface area contributed by atoms with E-state index in [-0.39, 0.29) is 22.3 Å². The van der Waals surface area contributed by atoms with Gasteiger partial charge in [0, 0.05) is 18.4 Å². The van der Waals surface area contributed by atoms with Gasteiger partial charge in [0.25, 0.3) is 5.69 Å². The fourth-order valence-electron chi connectivity index (χ4n) is 2.40. The molecule has 1 unspecified atom stereocenters. The van der Waals surface area contributed by atoms with Gasteiger partial charge in [0.05, 0.1) is 9.82 Å². The molecule has 0 aliphatic heterocycles. The number of sulfone groups is 1. The normalized spacial score (nSPS) is 12.7. The Bertz CT molecular complexity index is 847. The molecule has 6 nitrogen and oxygen atoms in total. The lowest BCUT2D eigenvalue weighted by Crippen LogP contribution is -2.10. The molecule has 2 aromatic carbocycles. The molecule has 1 N–H and O–H groups in total. The molecule has 23 heavy (non-hydrogen) atoms. The van der Waals surface area contributed by atoms with Crippen LogP contribution in [0.4, 0.5) is 11.4 Å². The summed E-state index contributed by atoms with van der Waals surface area (Å²) in [5.41, 5.74) is 2.13. The average molecular weight is 334 g/mol. The maximum absolute atomic E-state index is 11.6. The lowest BCUT2D eigenvalue weighted by Gasteiger charge is -2.18. The van der Waals surface area contributed by atoms with Crippen molar-refractivity contribution < 1.29 is 13.3 Å². The quantitative estimate of drug-likeness (QED) is 0.668. The van der Waals surface area contributed by atoms with Crippen molar-refractivity contribution in [3.63, 3.8) is 0 Å². The molecule has 0 heterocycles. The predicted molar refractivity (Wildman–Crippen MR) is 89.4 cm³/mol. The minimum Gasteiger partial charge on any atom is -0.373 e. The maximum Gasteiger partial charge on any atom is 0.293 e. The SMILES string of the molecule is Cc1ccccc1C(C)Nc1ccc(S(C)(=O)=O)cc1[N+](=O)[O-]. The summed E-state index contributed by atoms with van der Waals surface area (Å²) in [6.45, 7) is 3.87. The van der Waals surface area contributed by atoms with E-state index in [0.29, 0.717) is 0 Å². The van der Waals surface area contributed by atoms with E-state index in [0.717, 1.165) is 23.4 Å². The number of nitro groups is 1. The van der Waals surface area contributed by atoms with E-state index in [1.807, 2.05) is 38.1 Å². The van der Waals surface area contributed by atoms with Gasteiger partial charge in [0.2, 0.25) is 0 Å². The van der Waals surface area contributed by atoms with Crippen LogP contribution in [0, 0.1) is 17.0 Å². The number of aryl methyl sites for hydroxylation is 1. The summed E-state index contributed by atoms with van der Waals surface area (Å²) in [5.74, 6) is 0. The van der Waals surface area contributed by atoms with E-state index >= 15 is 0 Å². The number of nitrogens with zero attached hydrogens (tertiary/aromatic N) is 1. The maximum atomic E-state index is 11.6. The Morgan fingerprint density at radius 3 is 2.39 bits per heavy atom. The molecule has 0 amide bonds. The second-order valence-corrected chi connectivity index (χ2v) is 7.45. The van der Waals surface area contributed by atoms with E-state index in [9.17, 15) is 18.5 Å². The molecule has 0 aromatic heterocycles. The third-order valence-corrected chi connectivity index (χ3v) is 4.73. The first-order valence-corrected chi connectivity index (χ1v) is 8.90. The highest BCUT2D eigenvalue weighted by Gasteiger charge is 2.20. The molecular weight excluding hydrogens is 316 g/mol. The molecule has 2 rings (SSSR count). The number of benzene rings is 2. The van der Waals surface area contributed by atoms with Crippen molar-refractivity contribution in [1.82, 2.24) is 0 Å². The smallest absolute Gasteiger partial charge is 0.293 e. The van der Waals surface area contributed by atoms with E-state index in [1.54, 1.807) is 0 Å². The molecule has 0 fully saturated rings. The van der Waals surface area contributed by atoms with E-state index in [1.165, 1.54) is 12.1 Å². The van der Waals surface area contributed by atoms with Gasteiger partial charge >= 0.3 is 0 Å². The summed E-state index contributed by atoms with van der Waals surface area (Å²) in [7, 11) is -3.50. The standard InChI is InChI=1S/C16H18N2O4S/c1-11-6-4-5-7-14(11)12(2)17-15-9-8-13(23(3,21)22)10-16(15)18(19)20/h4-10,12,17H,1-3H3. The zero-order chi connectivity index (χ0) is 17.2. The summed E-state index contributed by atoms with van der Waals surface area (Å²) >= 11 is 0. The van der Waals surface area contributed by atoms with Gasteiger partial charge in [0.1, 0.15) is 5.69 Å². The first kappa shape index (κ1) is 17.0. The summed E-state index contributed by atoms with van der Waals surface area (Å²) < 4.78 is 23.1. The second kappa shape index (κ2) is 6.37. The predicted octanol–water partition coefficient (Wildman–Crippen LogP) is 3.48. The number of rotatable bonds is 5. The van der Waals surface area contributed by atoms with Crippen LogP contribution in [-0.4, -0.2) is 19.6 Å². The van der Waals surface area contributed by atoms with Crippen LogP contribution < -0.4 is 5.32 Å². The Kier molecular flexibility index (Phi) is 4.70. The third kappa shape index (κ3) is 3.87. The number of hydrogen-bond donors (Lipinski definition) is 1. The van der Waals surface area contributed by atoms with Gasteiger partial charge in [0.15, 0.2) is 9.84 Å². The molecule has 122 valence electrons. The Morgan fingerprint density at radius 1 is 1.17 bits per heavy atom. The summed E-state index contributed by atoms with van der Waals surface area (Å²) in [6, 6.07) is 11.5.